The van der Waals surface area contributed by atoms with E-state index in [2.05, 4.69) is 38.4 Å². The van der Waals surface area contributed by atoms with Crippen molar-refractivity contribution in [3.63, 3.8) is 0 Å². The van der Waals surface area contributed by atoms with E-state index in [4.69, 9.17) is 0 Å². The van der Waals surface area contributed by atoms with Crippen LogP contribution in [0.4, 0.5) is 11.5 Å². The minimum absolute atomic E-state index is 0.776. The first kappa shape index (κ1) is 12.0. The highest BCUT2D eigenvalue weighted by Crippen LogP contribution is 2.19. The van der Waals surface area contributed by atoms with E-state index in [1.165, 1.54) is 18.4 Å². The number of anilines is 2. The van der Waals surface area contributed by atoms with E-state index in [1.807, 2.05) is 18.5 Å². The van der Waals surface area contributed by atoms with Gasteiger partial charge in [0.2, 0.25) is 0 Å². The molecule has 0 aromatic carbocycles. The summed E-state index contributed by atoms with van der Waals surface area (Å²) in [6.45, 7) is 3.05. The maximum absolute atomic E-state index is 4.52. The van der Waals surface area contributed by atoms with Crippen molar-refractivity contribution in [2.45, 2.75) is 19.4 Å². The Bertz CT molecular complexity index is 503. The van der Waals surface area contributed by atoms with E-state index in [1.54, 1.807) is 6.20 Å². The third kappa shape index (κ3) is 3.02. The molecule has 19 heavy (non-hydrogen) atoms. The van der Waals surface area contributed by atoms with Gasteiger partial charge in [0.25, 0.3) is 0 Å². The van der Waals surface area contributed by atoms with Crippen molar-refractivity contribution < 1.29 is 0 Å². The molecule has 2 aromatic rings. The van der Waals surface area contributed by atoms with E-state index in [0.717, 1.165) is 31.1 Å². The molecule has 0 spiro atoms. The van der Waals surface area contributed by atoms with E-state index in [-0.39, 0.29) is 0 Å². The zero-order valence-electron chi connectivity index (χ0n) is 10.9. The molecular weight excluding hydrogens is 236 g/mol. The van der Waals surface area contributed by atoms with Gasteiger partial charge in [-0.2, -0.15) is 0 Å². The van der Waals surface area contributed by atoms with Gasteiger partial charge in [-0.05, 0) is 36.6 Å². The molecule has 0 bridgehead atoms. The van der Waals surface area contributed by atoms with Crippen LogP contribution in [0.1, 0.15) is 18.4 Å². The molecule has 0 amide bonds. The Morgan fingerprint density at radius 1 is 1.11 bits per heavy atom. The van der Waals surface area contributed by atoms with Gasteiger partial charge >= 0.3 is 0 Å². The molecule has 0 saturated carbocycles. The highest BCUT2D eigenvalue weighted by Gasteiger charge is 2.12. The van der Waals surface area contributed by atoms with Crippen LogP contribution >= 0.6 is 0 Å². The molecule has 2 aromatic heterocycles. The summed E-state index contributed by atoms with van der Waals surface area (Å²) in [5, 5.41) is 3.36. The fourth-order valence-corrected chi connectivity index (χ4v) is 2.33. The summed E-state index contributed by atoms with van der Waals surface area (Å²) in [6, 6.07) is 8.20. The predicted octanol–water partition coefficient (Wildman–Crippen LogP) is 2.69. The molecule has 4 heteroatoms. The molecule has 0 unspecified atom stereocenters. The zero-order chi connectivity index (χ0) is 12.9. The van der Waals surface area contributed by atoms with E-state index in [0.29, 0.717) is 0 Å². The molecule has 3 rings (SSSR count). The van der Waals surface area contributed by atoms with E-state index in [9.17, 15) is 0 Å². The lowest BCUT2D eigenvalue weighted by atomic mass is 10.3. The summed E-state index contributed by atoms with van der Waals surface area (Å²) in [5.41, 5.74) is 2.22. The van der Waals surface area contributed by atoms with Crippen LogP contribution in [0.3, 0.4) is 0 Å². The highest BCUT2D eigenvalue weighted by atomic mass is 15.2. The van der Waals surface area contributed by atoms with Gasteiger partial charge in [-0.15, -0.1) is 0 Å². The monoisotopic (exact) mass is 254 g/mol. The number of hydrogen-bond acceptors (Lipinski definition) is 4. The van der Waals surface area contributed by atoms with Crippen LogP contribution in [0.15, 0.2) is 42.9 Å². The summed E-state index contributed by atoms with van der Waals surface area (Å²) < 4.78 is 0. The Morgan fingerprint density at radius 3 is 2.68 bits per heavy atom. The quantitative estimate of drug-likeness (QED) is 0.910. The lowest BCUT2D eigenvalue weighted by molar-refractivity contribution is 0.937. The first-order chi connectivity index (χ1) is 9.42. The Kier molecular flexibility index (Phi) is 3.58. The van der Waals surface area contributed by atoms with Crippen molar-refractivity contribution in [1.82, 2.24) is 9.97 Å². The second kappa shape index (κ2) is 5.69. The molecular formula is C15H18N4. The lowest BCUT2D eigenvalue weighted by Gasteiger charge is -2.16. The smallest absolute Gasteiger partial charge is 0.128 e. The Balaban J connectivity index is 1.60. The maximum Gasteiger partial charge on any atom is 0.128 e. The second-order valence-corrected chi connectivity index (χ2v) is 4.81. The molecule has 0 aliphatic carbocycles. The molecule has 1 aliphatic rings. The van der Waals surface area contributed by atoms with Crippen molar-refractivity contribution in [2.24, 2.45) is 0 Å². The zero-order valence-corrected chi connectivity index (χ0v) is 10.9. The number of nitrogens with zero attached hydrogens (tertiary/aromatic N) is 3. The van der Waals surface area contributed by atoms with Crippen molar-refractivity contribution in [3.05, 3.63) is 48.4 Å². The third-order valence-electron chi connectivity index (χ3n) is 3.40. The van der Waals surface area contributed by atoms with Gasteiger partial charge in [-0.1, -0.05) is 6.07 Å². The molecule has 0 radical (unpaired) electrons. The van der Waals surface area contributed by atoms with Gasteiger partial charge in [0.1, 0.15) is 5.82 Å². The Labute approximate surface area is 113 Å². The summed E-state index contributed by atoms with van der Waals surface area (Å²) in [7, 11) is 0. The largest absolute Gasteiger partial charge is 0.380 e. The number of nitrogens with one attached hydrogen (secondary N) is 1. The number of rotatable bonds is 4. The van der Waals surface area contributed by atoms with Gasteiger partial charge in [-0.25, -0.2) is 4.98 Å². The Morgan fingerprint density at radius 2 is 2.00 bits per heavy atom. The van der Waals surface area contributed by atoms with Crippen molar-refractivity contribution in [2.75, 3.05) is 23.3 Å². The molecule has 1 N–H and O–H groups in total. The third-order valence-corrected chi connectivity index (χ3v) is 3.40. The molecule has 1 fully saturated rings. The molecule has 3 heterocycles. The highest BCUT2D eigenvalue weighted by molar-refractivity contribution is 5.49. The molecule has 1 saturated heterocycles. The number of aromatic nitrogens is 2. The normalized spacial score (nSPS) is 14.6. The van der Waals surface area contributed by atoms with Gasteiger partial charge in [0.05, 0.1) is 11.9 Å². The molecule has 0 atom stereocenters. The van der Waals surface area contributed by atoms with E-state index < -0.39 is 0 Å². The van der Waals surface area contributed by atoms with E-state index >= 15 is 0 Å². The van der Waals surface area contributed by atoms with Crippen LogP contribution in [0.2, 0.25) is 0 Å². The predicted molar refractivity (Wildman–Crippen MR) is 77.2 cm³/mol. The summed E-state index contributed by atoms with van der Waals surface area (Å²) in [5.74, 6) is 1.09. The fraction of sp³-hybridized carbons (Fsp3) is 0.333. The second-order valence-electron chi connectivity index (χ2n) is 4.81. The topological polar surface area (TPSA) is 41.1 Å². The van der Waals surface area contributed by atoms with Crippen LogP contribution in [0, 0.1) is 0 Å². The first-order valence-electron chi connectivity index (χ1n) is 6.75. The van der Waals surface area contributed by atoms with Gasteiger partial charge in [0.15, 0.2) is 0 Å². The van der Waals surface area contributed by atoms with Crippen molar-refractivity contribution in [3.8, 4) is 0 Å². The van der Waals surface area contributed by atoms with Crippen LogP contribution < -0.4 is 10.2 Å². The SMILES string of the molecule is c1cncc(CNc2ccc(N3CCCC3)nc2)c1. The van der Waals surface area contributed by atoms with Crippen LogP contribution in [0.25, 0.3) is 0 Å². The number of pyridine rings is 2. The van der Waals surface area contributed by atoms with Crippen LogP contribution in [-0.2, 0) is 6.54 Å². The van der Waals surface area contributed by atoms with Crippen LogP contribution in [0.5, 0.6) is 0 Å². The summed E-state index contributed by atoms with van der Waals surface area (Å²) >= 11 is 0. The summed E-state index contributed by atoms with van der Waals surface area (Å²) in [4.78, 5) is 11.0. The lowest BCUT2D eigenvalue weighted by Crippen LogP contribution is -2.18. The molecule has 1 aliphatic heterocycles. The standard InChI is InChI=1S/C15H18N4/c1-2-9-19(8-1)15-6-5-14(12-18-15)17-11-13-4-3-7-16-10-13/h3-7,10,12,17H,1-2,8-9,11H2. The first-order valence-corrected chi connectivity index (χ1v) is 6.75. The van der Waals surface area contributed by atoms with Gasteiger partial charge in [-0.3, -0.25) is 4.98 Å². The fourth-order valence-electron chi connectivity index (χ4n) is 2.33. The minimum atomic E-state index is 0.776. The number of hydrogen-bond donors (Lipinski definition) is 1. The minimum Gasteiger partial charge on any atom is -0.380 e. The molecule has 98 valence electrons. The maximum atomic E-state index is 4.52. The molecule has 4 nitrogen and oxygen atoms in total. The summed E-state index contributed by atoms with van der Waals surface area (Å²) in [6.07, 6.45) is 8.13. The Hall–Kier alpha value is -2.10. The van der Waals surface area contributed by atoms with Gasteiger partial charge < -0.3 is 10.2 Å². The average molecular weight is 254 g/mol. The average Bonchev–Trinajstić information content (AvgIpc) is 3.01. The van der Waals surface area contributed by atoms with Crippen molar-refractivity contribution in [1.29, 1.82) is 0 Å². The van der Waals surface area contributed by atoms with Crippen molar-refractivity contribution >= 4 is 11.5 Å². The van der Waals surface area contributed by atoms with Crippen LogP contribution in [-0.4, -0.2) is 23.1 Å². The van der Waals surface area contributed by atoms with Gasteiger partial charge in [0, 0.05) is 32.0 Å².